The zero-order valence-electron chi connectivity index (χ0n) is 10.9. The third kappa shape index (κ3) is 2.96. The molecular formula is C14H19N3O. The largest absolute Gasteiger partial charge is 0.309 e. The van der Waals surface area contributed by atoms with Crippen molar-refractivity contribution < 1.29 is 0 Å². The summed E-state index contributed by atoms with van der Waals surface area (Å²) < 4.78 is 0. The molecule has 0 fully saturated rings. The molecule has 4 heteroatoms. The average molecular weight is 245 g/mol. The highest BCUT2D eigenvalue weighted by Crippen LogP contribution is 2.05. The molecule has 2 aromatic rings. The van der Waals surface area contributed by atoms with Crippen molar-refractivity contribution in [1.29, 1.82) is 0 Å². The quantitative estimate of drug-likeness (QED) is 0.849. The Hall–Kier alpha value is -1.68. The van der Waals surface area contributed by atoms with Gasteiger partial charge in [-0.25, -0.2) is 4.98 Å². The second-order valence-electron chi connectivity index (χ2n) is 4.60. The number of hydrogen-bond acceptors (Lipinski definition) is 3. The lowest BCUT2D eigenvalue weighted by Crippen LogP contribution is -2.27. The smallest absolute Gasteiger partial charge is 0.258 e. The summed E-state index contributed by atoms with van der Waals surface area (Å²) in [4.78, 5) is 19.1. The molecule has 2 rings (SSSR count). The summed E-state index contributed by atoms with van der Waals surface area (Å²) in [5, 5.41) is 4.00. The maximum absolute atomic E-state index is 11.8. The molecular weight excluding hydrogens is 226 g/mol. The minimum atomic E-state index is -0.0689. The van der Waals surface area contributed by atoms with Gasteiger partial charge in [-0.05, 0) is 25.5 Å². The predicted molar refractivity (Wildman–Crippen MR) is 73.6 cm³/mol. The number of H-pyrrole nitrogens is 1. The molecule has 1 unspecified atom stereocenters. The van der Waals surface area contributed by atoms with Crippen LogP contribution in [-0.4, -0.2) is 16.0 Å². The number of fused-ring (bicyclic) bond motifs is 1. The lowest BCUT2D eigenvalue weighted by molar-refractivity contribution is 0.499. The molecule has 1 aromatic heterocycles. The Morgan fingerprint density at radius 2 is 2.17 bits per heavy atom. The van der Waals surface area contributed by atoms with Gasteiger partial charge in [0, 0.05) is 6.04 Å². The number of aromatic amines is 1. The normalized spacial score (nSPS) is 12.8. The van der Waals surface area contributed by atoms with E-state index in [4.69, 9.17) is 0 Å². The summed E-state index contributed by atoms with van der Waals surface area (Å²) in [5.41, 5.74) is 0.682. The van der Waals surface area contributed by atoms with Crippen LogP contribution in [0.25, 0.3) is 10.9 Å². The Labute approximate surface area is 106 Å². The van der Waals surface area contributed by atoms with E-state index in [1.54, 1.807) is 6.07 Å². The van der Waals surface area contributed by atoms with Crippen LogP contribution in [-0.2, 0) is 6.54 Å². The van der Waals surface area contributed by atoms with Gasteiger partial charge < -0.3 is 10.3 Å². The lowest BCUT2D eigenvalue weighted by Gasteiger charge is -2.12. The fraction of sp³-hybridized carbons (Fsp3) is 0.429. The summed E-state index contributed by atoms with van der Waals surface area (Å²) in [5.74, 6) is 0.696. The van der Waals surface area contributed by atoms with Crippen molar-refractivity contribution >= 4 is 10.9 Å². The Balaban J connectivity index is 2.17. The van der Waals surface area contributed by atoms with Gasteiger partial charge in [-0.15, -0.1) is 0 Å². The number of hydrogen-bond donors (Lipinski definition) is 2. The zero-order valence-corrected chi connectivity index (χ0v) is 10.9. The van der Waals surface area contributed by atoms with Gasteiger partial charge in [0.25, 0.3) is 5.56 Å². The minimum Gasteiger partial charge on any atom is -0.309 e. The number of aromatic nitrogens is 2. The van der Waals surface area contributed by atoms with E-state index >= 15 is 0 Å². The van der Waals surface area contributed by atoms with E-state index in [0.29, 0.717) is 23.8 Å². The van der Waals surface area contributed by atoms with Gasteiger partial charge in [0.1, 0.15) is 5.82 Å². The van der Waals surface area contributed by atoms with Gasteiger partial charge in [0.15, 0.2) is 0 Å². The minimum absolute atomic E-state index is 0.0689. The molecule has 0 bridgehead atoms. The Morgan fingerprint density at radius 3 is 2.94 bits per heavy atom. The van der Waals surface area contributed by atoms with E-state index in [2.05, 4.69) is 29.1 Å². The van der Waals surface area contributed by atoms with E-state index in [1.165, 1.54) is 0 Å². The molecule has 0 aliphatic rings. The molecule has 0 spiro atoms. The van der Waals surface area contributed by atoms with Crippen molar-refractivity contribution in [2.75, 3.05) is 0 Å². The van der Waals surface area contributed by atoms with Crippen LogP contribution in [0.1, 0.15) is 32.5 Å². The van der Waals surface area contributed by atoms with Gasteiger partial charge in [-0.3, -0.25) is 4.79 Å². The monoisotopic (exact) mass is 245 g/mol. The second-order valence-corrected chi connectivity index (χ2v) is 4.60. The molecule has 96 valence electrons. The Morgan fingerprint density at radius 1 is 1.39 bits per heavy atom. The molecule has 1 heterocycles. The molecule has 0 saturated heterocycles. The molecule has 0 aliphatic heterocycles. The lowest BCUT2D eigenvalue weighted by atomic mass is 10.2. The number of para-hydroxylation sites is 1. The maximum Gasteiger partial charge on any atom is 0.258 e. The van der Waals surface area contributed by atoms with E-state index < -0.39 is 0 Å². The summed E-state index contributed by atoms with van der Waals surface area (Å²) in [6.07, 6.45) is 2.27. The second kappa shape index (κ2) is 5.78. The van der Waals surface area contributed by atoms with Crippen molar-refractivity contribution in [2.24, 2.45) is 0 Å². The van der Waals surface area contributed by atoms with E-state index in [-0.39, 0.29) is 5.56 Å². The van der Waals surface area contributed by atoms with Crippen LogP contribution < -0.4 is 10.9 Å². The number of nitrogens with one attached hydrogen (secondary N) is 2. The molecule has 0 radical (unpaired) electrons. The van der Waals surface area contributed by atoms with E-state index in [0.717, 1.165) is 18.4 Å². The third-order valence-corrected chi connectivity index (χ3v) is 3.00. The summed E-state index contributed by atoms with van der Waals surface area (Å²) >= 11 is 0. The molecule has 0 saturated carbocycles. The molecule has 1 aromatic carbocycles. The first-order chi connectivity index (χ1) is 8.70. The van der Waals surface area contributed by atoms with Gasteiger partial charge >= 0.3 is 0 Å². The standard InChI is InChI=1S/C14H19N3O/c1-3-6-10(2)15-9-13-16-12-8-5-4-7-11(12)14(18)17-13/h4-5,7-8,10,15H,3,6,9H2,1-2H3,(H,16,17,18). The third-order valence-electron chi connectivity index (χ3n) is 3.00. The van der Waals surface area contributed by atoms with Gasteiger partial charge in [-0.1, -0.05) is 25.5 Å². The molecule has 18 heavy (non-hydrogen) atoms. The Bertz CT molecular complexity index is 577. The van der Waals surface area contributed by atoms with Gasteiger partial charge in [-0.2, -0.15) is 0 Å². The molecule has 1 atom stereocenters. The topological polar surface area (TPSA) is 57.8 Å². The first kappa shape index (κ1) is 12.8. The van der Waals surface area contributed by atoms with Crippen molar-refractivity contribution in [2.45, 2.75) is 39.3 Å². The SMILES string of the molecule is CCCC(C)NCc1nc2ccccc2c(=O)[nH]1. The first-order valence-electron chi connectivity index (χ1n) is 6.42. The fourth-order valence-electron chi connectivity index (χ4n) is 2.02. The molecule has 0 aliphatic carbocycles. The predicted octanol–water partition coefficient (Wildman–Crippen LogP) is 2.20. The van der Waals surface area contributed by atoms with Crippen LogP contribution in [0.5, 0.6) is 0 Å². The van der Waals surface area contributed by atoms with E-state index in [1.807, 2.05) is 18.2 Å². The van der Waals surface area contributed by atoms with Crippen LogP contribution in [0.3, 0.4) is 0 Å². The van der Waals surface area contributed by atoms with Gasteiger partial charge in [0.2, 0.25) is 0 Å². The Kier molecular flexibility index (Phi) is 4.10. The fourth-order valence-corrected chi connectivity index (χ4v) is 2.02. The van der Waals surface area contributed by atoms with Crippen molar-refractivity contribution in [1.82, 2.24) is 15.3 Å². The highest BCUT2D eigenvalue weighted by molar-refractivity contribution is 5.77. The molecule has 2 N–H and O–H groups in total. The summed E-state index contributed by atoms with van der Waals surface area (Å²) in [6, 6.07) is 7.83. The highest BCUT2D eigenvalue weighted by atomic mass is 16.1. The van der Waals surface area contributed by atoms with Crippen molar-refractivity contribution in [3.05, 3.63) is 40.4 Å². The maximum atomic E-state index is 11.8. The van der Waals surface area contributed by atoms with Crippen molar-refractivity contribution in [3.8, 4) is 0 Å². The van der Waals surface area contributed by atoms with Crippen LogP contribution in [0.15, 0.2) is 29.1 Å². The first-order valence-corrected chi connectivity index (χ1v) is 6.42. The number of rotatable bonds is 5. The molecule has 0 amide bonds. The van der Waals surface area contributed by atoms with E-state index in [9.17, 15) is 4.79 Å². The summed E-state index contributed by atoms with van der Waals surface area (Å²) in [6.45, 7) is 4.90. The zero-order chi connectivity index (χ0) is 13.0. The van der Waals surface area contributed by atoms with Gasteiger partial charge in [0.05, 0.1) is 17.4 Å². The number of nitrogens with zero attached hydrogens (tertiary/aromatic N) is 1. The summed E-state index contributed by atoms with van der Waals surface area (Å²) in [7, 11) is 0. The highest BCUT2D eigenvalue weighted by Gasteiger charge is 2.04. The molecule has 4 nitrogen and oxygen atoms in total. The van der Waals surface area contributed by atoms with Crippen molar-refractivity contribution in [3.63, 3.8) is 0 Å². The number of benzene rings is 1. The van der Waals surface area contributed by atoms with Crippen LogP contribution in [0, 0.1) is 0 Å². The van der Waals surface area contributed by atoms with Crippen LogP contribution >= 0.6 is 0 Å². The van der Waals surface area contributed by atoms with Crippen LogP contribution in [0.2, 0.25) is 0 Å². The average Bonchev–Trinajstić information content (AvgIpc) is 2.37. The van der Waals surface area contributed by atoms with Crippen LogP contribution in [0.4, 0.5) is 0 Å².